The quantitative estimate of drug-likeness (QED) is 0.614. The van der Waals surface area contributed by atoms with Crippen molar-refractivity contribution in [2.24, 2.45) is 0 Å². The summed E-state index contributed by atoms with van der Waals surface area (Å²) in [4.78, 5) is 11.3. The predicted molar refractivity (Wildman–Crippen MR) is 48.1 cm³/mol. The lowest BCUT2D eigenvalue weighted by Crippen LogP contribution is -2.38. The largest absolute Gasteiger partial charge is 0.355 e. The molecule has 0 aromatic heterocycles. The highest BCUT2D eigenvalue weighted by Crippen LogP contribution is 2.20. The van der Waals surface area contributed by atoms with Gasteiger partial charge in [-0.2, -0.15) is 0 Å². The van der Waals surface area contributed by atoms with Gasteiger partial charge < -0.3 is 5.32 Å². The Labute approximate surface area is 69.8 Å². The Bertz CT molecular complexity index is 151. The van der Waals surface area contributed by atoms with E-state index in [1.54, 1.807) is 0 Å². The fraction of sp³-hybridized carbons (Fsp3) is 0.857. The molecule has 0 bridgehead atoms. The molecule has 1 fully saturated rings. The second-order valence-corrected chi connectivity index (χ2v) is 3.45. The summed E-state index contributed by atoms with van der Waals surface area (Å²) in [5.41, 5.74) is 0. The van der Waals surface area contributed by atoms with Gasteiger partial charge in [-0.15, -0.1) is 0 Å². The first kappa shape index (κ1) is 8.95. The number of carbonyl (C=O) groups is 1. The number of carbonyl (C=O) groups excluding carboxylic acids is 1. The number of rotatable bonds is 2. The molecule has 3 nitrogen and oxygen atoms in total. The smallest absolute Gasteiger partial charge is 0.237 e. The molecule has 1 aliphatic heterocycles. The number of likely N-dealkylation sites (N-methyl/N-ethyl adjacent to an activating group) is 1. The summed E-state index contributed by atoms with van der Waals surface area (Å²) in [6.07, 6.45) is 2.13. The minimum Gasteiger partial charge on any atom is -0.355 e. The highest BCUT2D eigenvalue weighted by molar-refractivity contribution is 7.13. The van der Waals surface area contributed by atoms with Crippen molar-refractivity contribution in [1.82, 2.24) is 9.99 Å². The van der Waals surface area contributed by atoms with Gasteiger partial charge in [-0.05, 0) is 19.8 Å². The SMILES string of the molecule is CCNC(=O)C1CCCN1P. The van der Waals surface area contributed by atoms with Gasteiger partial charge in [0.25, 0.3) is 0 Å². The second-order valence-electron chi connectivity index (χ2n) is 2.79. The maximum atomic E-state index is 11.3. The molecule has 0 aromatic carbocycles. The van der Waals surface area contributed by atoms with E-state index in [1.807, 2.05) is 11.6 Å². The molecule has 2 unspecified atom stereocenters. The van der Waals surface area contributed by atoms with Crippen LogP contribution >= 0.6 is 9.39 Å². The van der Waals surface area contributed by atoms with E-state index in [0.29, 0.717) is 0 Å². The number of hydrogen-bond acceptors (Lipinski definition) is 2. The molecule has 0 aromatic rings. The van der Waals surface area contributed by atoms with Crippen LogP contribution in [0.25, 0.3) is 0 Å². The minimum atomic E-state index is 0.0972. The van der Waals surface area contributed by atoms with Crippen molar-refractivity contribution >= 4 is 15.3 Å². The van der Waals surface area contributed by atoms with E-state index in [9.17, 15) is 4.79 Å². The molecule has 4 heteroatoms. The number of nitrogens with one attached hydrogen (secondary N) is 1. The van der Waals surface area contributed by atoms with E-state index in [1.165, 1.54) is 0 Å². The molecule has 0 aliphatic carbocycles. The van der Waals surface area contributed by atoms with E-state index in [0.717, 1.165) is 25.9 Å². The third-order valence-corrected chi connectivity index (χ3v) is 2.57. The van der Waals surface area contributed by atoms with Gasteiger partial charge in [0, 0.05) is 13.1 Å². The summed E-state index contributed by atoms with van der Waals surface area (Å²) in [7, 11) is 2.60. The van der Waals surface area contributed by atoms with Gasteiger partial charge in [-0.3, -0.25) is 9.46 Å². The molecule has 11 heavy (non-hydrogen) atoms. The van der Waals surface area contributed by atoms with Crippen LogP contribution in [-0.4, -0.2) is 29.7 Å². The maximum Gasteiger partial charge on any atom is 0.237 e. The van der Waals surface area contributed by atoms with Gasteiger partial charge in [0.05, 0.1) is 6.04 Å². The Morgan fingerprint density at radius 2 is 2.55 bits per heavy atom. The van der Waals surface area contributed by atoms with E-state index in [4.69, 9.17) is 0 Å². The molecule has 1 aliphatic rings. The third-order valence-electron chi connectivity index (χ3n) is 1.95. The topological polar surface area (TPSA) is 32.3 Å². The molecule has 0 spiro atoms. The lowest BCUT2D eigenvalue weighted by molar-refractivity contribution is -0.123. The molecule has 1 saturated heterocycles. The standard InChI is InChI=1S/C7H15N2OP/c1-2-8-7(10)6-4-3-5-9(6)11/h6H,2-5,11H2,1H3,(H,8,10). The monoisotopic (exact) mass is 174 g/mol. The molecule has 1 amide bonds. The molecule has 0 radical (unpaired) electrons. The van der Waals surface area contributed by atoms with Gasteiger partial charge in [-0.1, -0.05) is 9.39 Å². The van der Waals surface area contributed by atoms with Crippen molar-refractivity contribution < 1.29 is 4.79 Å². The zero-order valence-corrected chi connectivity index (χ0v) is 7.99. The first-order valence-electron chi connectivity index (χ1n) is 4.04. The average molecular weight is 174 g/mol. The number of amides is 1. The van der Waals surface area contributed by atoms with E-state index in [2.05, 4.69) is 14.7 Å². The zero-order valence-electron chi connectivity index (χ0n) is 6.84. The number of hydrogen-bond donors (Lipinski definition) is 1. The summed E-state index contributed by atoms with van der Waals surface area (Å²) in [5, 5.41) is 2.82. The van der Waals surface area contributed by atoms with Crippen molar-refractivity contribution in [3.05, 3.63) is 0 Å². The van der Waals surface area contributed by atoms with Crippen LogP contribution in [0.1, 0.15) is 19.8 Å². The lowest BCUT2D eigenvalue weighted by atomic mass is 10.2. The van der Waals surface area contributed by atoms with E-state index in [-0.39, 0.29) is 11.9 Å². The van der Waals surface area contributed by atoms with Crippen LogP contribution in [0.2, 0.25) is 0 Å². The fourth-order valence-corrected chi connectivity index (χ4v) is 1.83. The highest BCUT2D eigenvalue weighted by Gasteiger charge is 2.26. The van der Waals surface area contributed by atoms with Crippen LogP contribution in [0.4, 0.5) is 0 Å². The molecule has 1 N–H and O–H groups in total. The Balaban J connectivity index is 2.39. The van der Waals surface area contributed by atoms with Gasteiger partial charge >= 0.3 is 0 Å². The Morgan fingerprint density at radius 3 is 3.00 bits per heavy atom. The zero-order chi connectivity index (χ0) is 8.27. The van der Waals surface area contributed by atoms with Crippen molar-refractivity contribution in [2.45, 2.75) is 25.8 Å². The summed E-state index contributed by atoms with van der Waals surface area (Å²) in [6, 6.07) is 0.0972. The van der Waals surface area contributed by atoms with Gasteiger partial charge in [-0.25, -0.2) is 0 Å². The molecule has 2 atom stereocenters. The first-order valence-corrected chi connectivity index (χ1v) is 4.56. The van der Waals surface area contributed by atoms with Crippen molar-refractivity contribution in [2.75, 3.05) is 13.1 Å². The van der Waals surface area contributed by atoms with E-state index >= 15 is 0 Å². The summed E-state index contributed by atoms with van der Waals surface area (Å²) >= 11 is 0. The summed E-state index contributed by atoms with van der Waals surface area (Å²) < 4.78 is 2.03. The van der Waals surface area contributed by atoms with Gasteiger partial charge in [0.1, 0.15) is 0 Å². The number of nitrogens with zero attached hydrogens (tertiary/aromatic N) is 1. The van der Waals surface area contributed by atoms with Gasteiger partial charge in [0.2, 0.25) is 5.91 Å². The second kappa shape index (κ2) is 4.03. The highest BCUT2D eigenvalue weighted by atomic mass is 31.0. The molecular weight excluding hydrogens is 159 g/mol. The fourth-order valence-electron chi connectivity index (χ4n) is 1.36. The third kappa shape index (κ3) is 2.14. The predicted octanol–water partition coefficient (Wildman–Crippen LogP) is 0.377. The minimum absolute atomic E-state index is 0.0972. The molecule has 1 rings (SSSR count). The average Bonchev–Trinajstić information content (AvgIpc) is 2.36. The van der Waals surface area contributed by atoms with Crippen LogP contribution in [0.15, 0.2) is 0 Å². The maximum absolute atomic E-state index is 11.3. The Kier molecular flexibility index (Phi) is 3.28. The van der Waals surface area contributed by atoms with Crippen LogP contribution in [0, 0.1) is 0 Å². The van der Waals surface area contributed by atoms with Crippen molar-refractivity contribution in [3.8, 4) is 0 Å². The van der Waals surface area contributed by atoms with Crippen molar-refractivity contribution in [3.63, 3.8) is 0 Å². The summed E-state index contributed by atoms with van der Waals surface area (Å²) in [5.74, 6) is 0.167. The van der Waals surface area contributed by atoms with E-state index < -0.39 is 0 Å². The van der Waals surface area contributed by atoms with Crippen LogP contribution in [-0.2, 0) is 4.79 Å². The molecular formula is C7H15N2OP. The van der Waals surface area contributed by atoms with Crippen molar-refractivity contribution in [1.29, 1.82) is 0 Å². The molecule has 1 heterocycles. The Hall–Kier alpha value is -0.140. The molecule has 64 valence electrons. The Morgan fingerprint density at radius 1 is 1.82 bits per heavy atom. The lowest BCUT2D eigenvalue weighted by Gasteiger charge is -2.17. The normalized spacial score (nSPS) is 25.5. The van der Waals surface area contributed by atoms with Crippen LogP contribution in [0.3, 0.4) is 0 Å². The van der Waals surface area contributed by atoms with Crippen LogP contribution in [0.5, 0.6) is 0 Å². The first-order chi connectivity index (χ1) is 5.25. The van der Waals surface area contributed by atoms with Crippen LogP contribution < -0.4 is 5.32 Å². The molecule has 0 saturated carbocycles. The summed E-state index contributed by atoms with van der Waals surface area (Å²) in [6.45, 7) is 3.69. The van der Waals surface area contributed by atoms with Gasteiger partial charge in [0.15, 0.2) is 0 Å².